The van der Waals surface area contributed by atoms with E-state index in [2.05, 4.69) is 12.2 Å². The minimum absolute atomic E-state index is 0.308. The first-order valence-corrected chi connectivity index (χ1v) is 7.27. The molecular formula is C14H26N2O. The average molecular weight is 238 g/mol. The maximum absolute atomic E-state index is 12.0. The van der Waals surface area contributed by atoms with Gasteiger partial charge in [-0.2, -0.15) is 0 Å². The Hall–Kier alpha value is -0.570. The monoisotopic (exact) mass is 238 g/mol. The van der Waals surface area contributed by atoms with Crippen LogP contribution in [0.4, 0.5) is 0 Å². The van der Waals surface area contributed by atoms with Crippen LogP contribution >= 0.6 is 0 Å². The molecule has 0 unspecified atom stereocenters. The zero-order valence-corrected chi connectivity index (χ0v) is 11.1. The van der Waals surface area contributed by atoms with Crippen LogP contribution in [0.2, 0.25) is 0 Å². The Morgan fingerprint density at radius 3 is 2.41 bits per heavy atom. The number of hydrogen-bond donors (Lipinski definition) is 1. The maximum Gasteiger partial charge on any atom is 0.236 e. The summed E-state index contributed by atoms with van der Waals surface area (Å²) in [6.45, 7) is 4.76. The first-order valence-electron chi connectivity index (χ1n) is 7.27. The van der Waals surface area contributed by atoms with Gasteiger partial charge in [-0.1, -0.05) is 26.2 Å². The van der Waals surface area contributed by atoms with E-state index in [1.807, 2.05) is 4.90 Å². The SMILES string of the molecule is CC1CCN(C(=O)CNC2CCCCC2)CC1. The zero-order chi connectivity index (χ0) is 12.1. The number of carbonyl (C=O) groups excluding carboxylic acids is 1. The van der Waals surface area contributed by atoms with Crippen LogP contribution in [0.25, 0.3) is 0 Å². The van der Waals surface area contributed by atoms with Crippen molar-refractivity contribution in [2.24, 2.45) is 5.92 Å². The lowest BCUT2D eigenvalue weighted by Crippen LogP contribution is -2.45. The van der Waals surface area contributed by atoms with Gasteiger partial charge in [-0.15, -0.1) is 0 Å². The number of nitrogens with zero attached hydrogens (tertiary/aromatic N) is 1. The topological polar surface area (TPSA) is 32.3 Å². The molecule has 0 spiro atoms. The van der Waals surface area contributed by atoms with Crippen LogP contribution in [0, 0.1) is 5.92 Å². The van der Waals surface area contributed by atoms with Crippen molar-refractivity contribution in [3.63, 3.8) is 0 Å². The normalized spacial score (nSPS) is 23.9. The van der Waals surface area contributed by atoms with E-state index in [9.17, 15) is 4.79 Å². The third kappa shape index (κ3) is 3.98. The van der Waals surface area contributed by atoms with Crippen molar-refractivity contribution in [3.05, 3.63) is 0 Å². The Balaban J connectivity index is 1.66. The lowest BCUT2D eigenvalue weighted by molar-refractivity contribution is -0.131. The van der Waals surface area contributed by atoms with Crippen molar-refractivity contribution in [2.45, 2.75) is 57.9 Å². The Labute approximate surface area is 105 Å². The number of piperidine rings is 1. The van der Waals surface area contributed by atoms with E-state index in [1.165, 1.54) is 44.9 Å². The van der Waals surface area contributed by atoms with Gasteiger partial charge in [0, 0.05) is 19.1 Å². The molecule has 2 fully saturated rings. The molecule has 1 saturated carbocycles. The second kappa shape index (κ2) is 6.39. The van der Waals surface area contributed by atoms with Gasteiger partial charge in [0.2, 0.25) is 5.91 Å². The smallest absolute Gasteiger partial charge is 0.236 e. The van der Waals surface area contributed by atoms with Gasteiger partial charge >= 0.3 is 0 Å². The molecule has 0 atom stereocenters. The van der Waals surface area contributed by atoms with Crippen LogP contribution in [0.1, 0.15) is 51.9 Å². The van der Waals surface area contributed by atoms with Crippen molar-refractivity contribution in [1.82, 2.24) is 10.2 Å². The highest BCUT2D eigenvalue weighted by molar-refractivity contribution is 5.78. The van der Waals surface area contributed by atoms with Gasteiger partial charge in [-0.05, 0) is 31.6 Å². The summed E-state index contributed by atoms with van der Waals surface area (Å²) in [7, 11) is 0. The second-order valence-corrected chi connectivity index (χ2v) is 5.78. The van der Waals surface area contributed by atoms with Gasteiger partial charge in [-0.3, -0.25) is 4.79 Å². The Morgan fingerprint density at radius 2 is 1.76 bits per heavy atom. The highest BCUT2D eigenvalue weighted by atomic mass is 16.2. The average Bonchev–Trinajstić information content (AvgIpc) is 2.38. The van der Waals surface area contributed by atoms with E-state index in [-0.39, 0.29) is 0 Å². The highest BCUT2D eigenvalue weighted by Gasteiger charge is 2.21. The number of likely N-dealkylation sites (tertiary alicyclic amines) is 1. The second-order valence-electron chi connectivity index (χ2n) is 5.78. The van der Waals surface area contributed by atoms with Crippen LogP contribution in [0.3, 0.4) is 0 Å². The van der Waals surface area contributed by atoms with E-state index in [4.69, 9.17) is 0 Å². The fourth-order valence-corrected chi connectivity index (χ4v) is 2.91. The molecule has 2 rings (SSSR count). The number of hydrogen-bond acceptors (Lipinski definition) is 2. The van der Waals surface area contributed by atoms with E-state index >= 15 is 0 Å². The molecule has 3 heteroatoms. The molecule has 17 heavy (non-hydrogen) atoms. The summed E-state index contributed by atoms with van der Waals surface area (Å²) in [6, 6.07) is 0.594. The summed E-state index contributed by atoms with van der Waals surface area (Å²) in [6.07, 6.45) is 8.88. The van der Waals surface area contributed by atoms with Crippen LogP contribution in [0.5, 0.6) is 0 Å². The molecule has 0 bridgehead atoms. The Morgan fingerprint density at radius 1 is 1.12 bits per heavy atom. The maximum atomic E-state index is 12.0. The summed E-state index contributed by atoms with van der Waals surface area (Å²) in [5.74, 6) is 1.10. The number of carbonyl (C=O) groups is 1. The van der Waals surface area contributed by atoms with E-state index < -0.39 is 0 Å². The Bertz CT molecular complexity index is 241. The molecule has 1 aliphatic carbocycles. The van der Waals surface area contributed by atoms with Crippen molar-refractivity contribution in [1.29, 1.82) is 0 Å². The lowest BCUT2D eigenvalue weighted by atomic mass is 9.95. The third-order valence-electron chi connectivity index (χ3n) is 4.28. The van der Waals surface area contributed by atoms with Crippen LogP contribution in [0.15, 0.2) is 0 Å². The molecule has 1 saturated heterocycles. The largest absolute Gasteiger partial charge is 0.342 e. The molecule has 1 heterocycles. The number of rotatable bonds is 3. The molecule has 3 nitrogen and oxygen atoms in total. The summed E-state index contributed by atoms with van der Waals surface area (Å²) < 4.78 is 0. The summed E-state index contributed by atoms with van der Waals surface area (Å²) >= 11 is 0. The van der Waals surface area contributed by atoms with Gasteiger partial charge in [0.15, 0.2) is 0 Å². The fourth-order valence-electron chi connectivity index (χ4n) is 2.91. The molecule has 0 aromatic carbocycles. The summed E-state index contributed by atoms with van der Waals surface area (Å²) in [5.41, 5.74) is 0. The van der Waals surface area contributed by atoms with Gasteiger partial charge in [-0.25, -0.2) is 0 Å². The Kier molecular flexibility index (Phi) is 4.84. The first-order chi connectivity index (χ1) is 8.25. The van der Waals surface area contributed by atoms with Gasteiger partial charge in [0.1, 0.15) is 0 Å². The lowest BCUT2D eigenvalue weighted by Gasteiger charge is -2.31. The minimum Gasteiger partial charge on any atom is -0.342 e. The molecule has 1 N–H and O–H groups in total. The van der Waals surface area contributed by atoms with E-state index in [0.717, 1.165) is 19.0 Å². The standard InChI is InChI=1S/C14H26N2O/c1-12-7-9-16(10-8-12)14(17)11-15-13-5-3-2-4-6-13/h12-13,15H,2-11H2,1H3. The predicted molar refractivity (Wildman–Crippen MR) is 69.9 cm³/mol. The highest BCUT2D eigenvalue weighted by Crippen LogP contribution is 2.18. The molecular weight excluding hydrogens is 212 g/mol. The molecule has 98 valence electrons. The van der Waals surface area contributed by atoms with E-state index in [1.54, 1.807) is 0 Å². The van der Waals surface area contributed by atoms with Crippen LogP contribution < -0.4 is 5.32 Å². The number of nitrogens with one attached hydrogen (secondary N) is 1. The van der Waals surface area contributed by atoms with Crippen molar-refractivity contribution in [3.8, 4) is 0 Å². The summed E-state index contributed by atoms with van der Waals surface area (Å²) in [5, 5.41) is 3.44. The van der Waals surface area contributed by atoms with Crippen LogP contribution in [-0.2, 0) is 4.79 Å². The van der Waals surface area contributed by atoms with E-state index in [0.29, 0.717) is 18.5 Å². The minimum atomic E-state index is 0.308. The molecule has 0 aromatic rings. The molecule has 0 aromatic heterocycles. The quantitative estimate of drug-likeness (QED) is 0.817. The summed E-state index contributed by atoms with van der Waals surface area (Å²) in [4.78, 5) is 14.0. The van der Waals surface area contributed by atoms with Gasteiger partial charge in [0.05, 0.1) is 6.54 Å². The van der Waals surface area contributed by atoms with Crippen molar-refractivity contribution >= 4 is 5.91 Å². The zero-order valence-electron chi connectivity index (χ0n) is 11.1. The molecule has 2 aliphatic rings. The molecule has 0 radical (unpaired) electrons. The predicted octanol–water partition coefficient (Wildman–Crippen LogP) is 2.17. The molecule has 1 aliphatic heterocycles. The third-order valence-corrected chi connectivity index (χ3v) is 4.28. The van der Waals surface area contributed by atoms with Gasteiger partial charge in [0.25, 0.3) is 0 Å². The molecule has 1 amide bonds. The van der Waals surface area contributed by atoms with Crippen molar-refractivity contribution < 1.29 is 4.79 Å². The fraction of sp³-hybridized carbons (Fsp3) is 0.929. The van der Waals surface area contributed by atoms with Crippen LogP contribution in [-0.4, -0.2) is 36.5 Å². The first kappa shape index (κ1) is 12.9. The van der Waals surface area contributed by atoms with Gasteiger partial charge < -0.3 is 10.2 Å². The number of amides is 1. The van der Waals surface area contributed by atoms with Crippen molar-refractivity contribution in [2.75, 3.05) is 19.6 Å².